The molecule has 0 amide bonds. The Kier molecular flexibility index (Phi) is 26.1. The number of fused-ring (bicyclic) bond motifs is 1. The molecule has 4 aromatic rings. The van der Waals surface area contributed by atoms with Crippen molar-refractivity contribution in [3.05, 3.63) is 53.0 Å². The third kappa shape index (κ3) is 21.4. The number of rotatable bonds is 38. The third-order valence-electron chi connectivity index (χ3n) is 10.6. The highest BCUT2D eigenvalue weighted by molar-refractivity contribution is 7.44. The highest BCUT2D eigenvalue weighted by Crippen LogP contribution is 2.34. The molecule has 406 valence electrons. The summed E-state index contributed by atoms with van der Waals surface area (Å²) in [6.07, 6.45) is 6.27. The second kappa shape index (κ2) is 32.9. The minimum atomic E-state index is -2.11. The molecule has 1 saturated heterocycles. The van der Waals surface area contributed by atoms with E-state index in [2.05, 4.69) is 40.6 Å². The van der Waals surface area contributed by atoms with Gasteiger partial charge in [-0.05, 0) is 37.3 Å². The van der Waals surface area contributed by atoms with E-state index in [0.717, 1.165) is 30.4 Å². The Balaban J connectivity index is 0.672. The van der Waals surface area contributed by atoms with Crippen LogP contribution in [-0.2, 0) is 70.2 Å². The molecule has 0 radical (unpaired) electrons. The molecule has 3 atom stereocenters. The van der Waals surface area contributed by atoms with E-state index in [1.54, 1.807) is 21.8 Å². The van der Waals surface area contributed by atoms with Crippen LogP contribution >= 0.6 is 20.0 Å². The maximum atomic E-state index is 13.6. The molecular weight excluding hydrogens is 1020 g/mol. The van der Waals surface area contributed by atoms with Crippen molar-refractivity contribution in [1.82, 2.24) is 34.7 Å². The monoisotopic (exact) mass is 1080 g/mol. The van der Waals surface area contributed by atoms with Gasteiger partial charge in [-0.15, -0.1) is 5.10 Å². The second-order valence-corrected chi connectivity index (χ2v) is 17.5. The van der Waals surface area contributed by atoms with Crippen LogP contribution in [0.1, 0.15) is 50.4 Å². The van der Waals surface area contributed by atoms with Gasteiger partial charge < -0.3 is 72.0 Å². The Morgan fingerprint density at radius 2 is 1.44 bits per heavy atom. The molecule has 73 heavy (non-hydrogen) atoms. The molecule has 29 heteroatoms. The normalized spacial score (nSPS) is 17.5. The molecule has 1 aliphatic carbocycles. The Bertz CT molecular complexity index is 2250. The zero-order valence-corrected chi connectivity index (χ0v) is 41.8. The average molecular weight is 1080 g/mol. The number of nitrogens with zero attached hydrogens (tertiary/aromatic N) is 8. The number of nitrogens with one attached hydrogen (secondary N) is 1. The fraction of sp³-hybridized carbons (Fsp3) is 0.659. The van der Waals surface area contributed by atoms with Gasteiger partial charge in [-0.3, -0.25) is 4.79 Å². The van der Waals surface area contributed by atoms with Gasteiger partial charge in [-0.2, -0.15) is 15.1 Å². The number of aromatic nitrogens is 7. The molecule has 1 aromatic carbocycles. The number of esters is 1. The Hall–Kier alpha value is -4.32. The summed E-state index contributed by atoms with van der Waals surface area (Å²) in [6, 6.07) is 0.915. The third-order valence-corrected chi connectivity index (χ3v) is 11.2. The van der Waals surface area contributed by atoms with Crippen molar-refractivity contribution < 1.29 is 84.7 Å². The maximum absolute atomic E-state index is 13.6. The van der Waals surface area contributed by atoms with Gasteiger partial charge in [0.2, 0.25) is 11.0 Å². The Morgan fingerprint density at radius 1 is 0.808 bits per heavy atom. The van der Waals surface area contributed by atoms with Crippen molar-refractivity contribution in [3.63, 3.8) is 0 Å². The summed E-state index contributed by atoms with van der Waals surface area (Å²) < 4.78 is 104. The summed E-state index contributed by atoms with van der Waals surface area (Å²) in [5, 5.41) is 21.3. The number of hydrogen-bond donors (Lipinski definition) is 3. The van der Waals surface area contributed by atoms with E-state index in [-0.39, 0.29) is 62.9 Å². The molecule has 0 spiro atoms. The molecule has 3 N–H and O–H groups in total. The molecule has 3 aromatic heterocycles. The molecule has 2 fully saturated rings. The molecule has 1 saturated carbocycles. The number of halogens is 4. The number of carbonyl (C=O) groups excluding carboxylic acids is 1. The lowest BCUT2D eigenvalue weighted by Crippen LogP contribution is -2.18. The van der Waals surface area contributed by atoms with E-state index >= 15 is 0 Å². The fourth-order valence-corrected chi connectivity index (χ4v) is 7.59. The summed E-state index contributed by atoms with van der Waals surface area (Å²) in [7, 11) is -2.11. The van der Waals surface area contributed by atoms with Gasteiger partial charge in [0.05, 0.1) is 155 Å². The van der Waals surface area contributed by atoms with Crippen molar-refractivity contribution in [3.8, 4) is 5.75 Å². The second-order valence-electron chi connectivity index (χ2n) is 16.1. The lowest BCUT2D eigenvalue weighted by atomic mass is 10.2. The first-order valence-corrected chi connectivity index (χ1v) is 25.5. The zero-order valence-electron chi connectivity index (χ0n) is 40.2. The van der Waals surface area contributed by atoms with Gasteiger partial charge in [0, 0.05) is 24.6 Å². The summed E-state index contributed by atoms with van der Waals surface area (Å²) >= 11 is 6.33. The van der Waals surface area contributed by atoms with E-state index in [0.29, 0.717) is 141 Å². The summed E-state index contributed by atoms with van der Waals surface area (Å²) in [4.78, 5) is 44.3. The van der Waals surface area contributed by atoms with Crippen LogP contribution < -0.4 is 10.1 Å². The summed E-state index contributed by atoms with van der Waals surface area (Å²) in [5.41, 5.74) is 2.17. The predicted octanol–water partition coefficient (Wildman–Crippen LogP) is 4.10. The Morgan fingerprint density at radius 3 is 2.11 bits per heavy atom. The minimum Gasteiger partial charge on any atom is -0.420 e. The van der Waals surface area contributed by atoms with Crippen LogP contribution in [0.3, 0.4) is 0 Å². The van der Waals surface area contributed by atoms with E-state index in [4.69, 9.17) is 73.6 Å². The standard InChI is InChI=1S/C44H62ClF3N9O15P/c45-44-51-42(36-26-49-57(43(36)52-44)39-4-3-35(71-39)29-69-30-73(59)60)50-32-1-2-33(25-32)54-70-22-21-67-18-17-65-15-16-66-19-20-68-28-34-27-56(55-53-34)6-8-62-10-12-64-14-13-63-11-9-61-7-5-40(58)72-41-37(47)23-31(46)24-38(41)48/h23-24,26-27,32,35,39,59-60H,1-22,25,28-30H2,(H,50,51,52)/b54-33+. The number of benzene rings is 1. The molecule has 3 unspecified atom stereocenters. The first kappa shape index (κ1) is 57.9. The van der Waals surface area contributed by atoms with Gasteiger partial charge in [0.15, 0.2) is 31.9 Å². The van der Waals surface area contributed by atoms with Gasteiger partial charge in [0.25, 0.3) is 0 Å². The van der Waals surface area contributed by atoms with Crippen molar-refractivity contribution in [1.29, 1.82) is 0 Å². The number of carbonyl (C=O) groups is 1. The van der Waals surface area contributed by atoms with E-state index in [1.165, 1.54) is 0 Å². The summed E-state index contributed by atoms with van der Waals surface area (Å²) in [6.45, 7) is 6.40. The van der Waals surface area contributed by atoms with E-state index in [9.17, 15) is 18.0 Å². The van der Waals surface area contributed by atoms with Gasteiger partial charge >= 0.3 is 5.97 Å². The van der Waals surface area contributed by atoms with Crippen LogP contribution in [0.2, 0.25) is 5.28 Å². The molecule has 6 rings (SSSR count). The van der Waals surface area contributed by atoms with Crippen LogP contribution in [0.25, 0.3) is 11.0 Å². The number of oxime groups is 1. The van der Waals surface area contributed by atoms with Gasteiger partial charge in [-0.25, -0.2) is 22.5 Å². The molecule has 1 aliphatic heterocycles. The van der Waals surface area contributed by atoms with Crippen LogP contribution in [0.15, 0.2) is 29.7 Å². The maximum Gasteiger partial charge on any atom is 0.313 e. The van der Waals surface area contributed by atoms with Crippen LogP contribution in [-0.4, -0.2) is 187 Å². The molecule has 0 bridgehead atoms. The lowest BCUT2D eigenvalue weighted by molar-refractivity contribution is -0.136. The van der Waals surface area contributed by atoms with Crippen LogP contribution in [0.4, 0.5) is 19.0 Å². The van der Waals surface area contributed by atoms with Crippen molar-refractivity contribution in [2.24, 2.45) is 5.16 Å². The van der Waals surface area contributed by atoms with Crippen LogP contribution in [0, 0.1) is 17.5 Å². The topological polar surface area (TPSA) is 267 Å². The highest BCUT2D eigenvalue weighted by atomic mass is 35.5. The quantitative estimate of drug-likeness (QED) is 0.0142. The zero-order chi connectivity index (χ0) is 51.5. The number of anilines is 1. The highest BCUT2D eigenvalue weighted by Gasteiger charge is 2.30. The molecular formula is C44H62ClF3N9O15P. The number of hydrogen-bond acceptors (Lipinski definition) is 22. The predicted molar refractivity (Wildman–Crippen MR) is 252 cm³/mol. The SMILES string of the molecule is O=C(CCOCCOCCOCCOCCn1cc(COCCOCCOCCOCCO/N=C2\CCC(Nc3nc(Cl)nc4c3cnn4C3CCC(COCP(O)O)O3)C2)nn1)Oc1c(F)cc(F)cc1F. The lowest BCUT2D eigenvalue weighted by Gasteiger charge is -2.16. The molecule has 4 heterocycles. The van der Waals surface area contributed by atoms with Crippen molar-refractivity contribution in [2.45, 2.75) is 70.1 Å². The Labute approximate surface area is 424 Å². The summed E-state index contributed by atoms with van der Waals surface area (Å²) in [5.74, 6) is -5.03. The van der Waals surface area contributed by atoms with E-state index < -0.39 is 37.5 Å². The van der Waals surface area contributed by atoms with Gasteiger partial charge in [0.1, 0.15) is 30.3 Å². The first-order chi connectivity index (χ1) is 35.6. The number of ether oxygens (including phenoxy) is 11. The fourth-order valence-electron chi connectivity index (χ4n) is 7.15. The minimum absolute atomic E-state index is 0.0509. The average Bonchev–Trinajstić information content (AvgIpc) is 4.20. The van der Waals surface area contributed by atoms with Crippen LogP contribution in [0.5, 0.6) is 5.75 Å². The van der Waals surface area contributed by atoms with E-state index in [1.807, 2.05) is 0 Å². The molecule has 2 aliphatic rings. The first-order valence-electron chi connectivity index (χ1n) is 23.7. The molecule has 24 nitrogen and oxygen atoms in total. The van der Waals surface area contributed by atoms with Crippen molar-refractivity contribution in [2.75, 3.05) is 124 Å². The van der Waals surface area contributed by atoms with Gasteiger partial charge in [-0.1, -0.05) is 10.4 Å². The smallest absolute Gasteiger partial charge is 0.313 e. The van der Waals surface area contributed by atoms with Crippen molar-refractivity contribution >= 4 is 48.5 Å². The largest absolute Gasteiger partial charge is 0.420 e.